The van der Waals surface area contributed by atoms with Crippen molar-refractivity contribution in [3.8, 4) is 5.69 Å². The number of hydrogen-bond donors (Lipinski definition) is 0. The van der Waals surface area contributed by atoms with Gasteiger partial charge in [-0.25, -0.2) is 18.1 Å². The summed E-state index contributed by atoms with van der Waals surface area (Å²) >= 11 is 6.11. The maximum absolute atomic E-state index is 12.9. The Morgan fingerprint density at radius 1 is 1.13 bits per heavy atom. The molecule has 2 heterocycles. The van der Waals surface area contributed by atoms with Crippen LogP contribution in [0.1, 0.15) is 12.6 Å². The van der Waals surface area contributed by atoms with Crippen LogP contribution in [-0.4, -0.2) is 23.2 Å². The quantitative estimate of drug-likeness (QED) is 0.679. The van der Waals surface area contributed by atoms with Gasteiger partial charge in [0.2, 0.25) is 9.84 Å². The minimum Gasteiger partial charge on any atom is -0.242 e. The molecule has 0 amide bonds. The summed E-state index contributed by atoms with van der Waals surface area (Å²) in [6, 6.07) is 13.2. The second kappa shape index (κ2) is 6.14. The van der Waals surface area contributed by atoms with Crippen molar-refractivity contribution in [2.45, 2.75) is 23.3 Å². The van der Waals surface area contributed by atoms with Gasteiger partial charge in [-0.05, 0) is 36.8 Å². The van der Waals surface area contributed by atoms with Crippen LogP contribution in [0.25, 0.3) is 5.69 Å². The number of hydrogen-bond acceptors (Lipinski definition) is 4. The number of rotatable bonds is 4. The van der Waals surface area contributed by atoms with Gasteiger partial charge in [0.1, 0.15) is 5.69 Å². The van der Waals surface area contributed by atoms with E-state index < -0.39 is 9.84 Å². The van der Waals surface area contributed by atoms with Crippen molar-refractivity contribution in [2.24, 2.45) is 0 Å². The number of pyridine rings is 1. The Balaban J connectivity index is 2.25. The fourth-order valence-electron chi connectivity index (χ4n) is 2.20. The number of benzene rings is 1. The van der Waals surface area contributed by atoms with E-state index in [0.717, 1.165) is 0 Å². The van der Waals surface area contributed by atoms with Gasteiger partial charge in [0.15, 0.2) is 10.2 Å². The van der Waals surface area contributed by atoms with E-state index in [-0.39, 0.29) is 15.1 Å². The average molecular weight is 348 g/mol. The van der Waals surface area contributed by atoms with E-state index in [4.69, 9.17) is 11.6 Å². The van der Waals surface area contributed by atoms with E-state index in [2.05, 4.69) is 10.1 Å². The van der Waals surface area contributed by atoms with Crippen LogP contribution in [0, 0.1) is 0 Å². The molecule has 5 nitrogen and oxygen atoms in total. The van der Waals surface area contributed by atoms with Gasteiger partial charge in [0.25, 0.3) is 0 Å². The van der Waals surface area contributed by atoms with Crippen LogP contribution < -0.4 is 0 Å². The molecule has 3 aromatic rings. The molecule has 0 aliphatic heterocycles. The number of sulfone groups is 1. The molecular weight excluding hydrogens is 334 g/mol. The Labute approximate surface area is 139 Å². The molecule has 0 bridgehead atoms. The van der Waals surface area contributed by atoms with Crippen molar-refractivity contribution in [3.63, 3.8) is 0 Å². The molecule has 0 fully saturated rings. The van der Waals surface area contributed by atoms with E-state index in [0.29, 0.717) is 17.8 Å². The van der Waals surface area contributed by atoms with Gasteiger partial charge in [-0.15, -0.1) is 0 Å². The van der Waals surface area contributed by atoms with E-state index in [1.165, 1.54) is 4.68 Å². The molecule has 0 N–H and O–H groups in total. The highest BCUT2D eigenvalue weighted by Gasteiger charge is 2.25. The Hall–Kier alpha value is -2.18. The summed E-state index contributed by atoms with van der Waals surface area (Å²) in [6.45, 7) is 1.91. The summed E-state index contributed by atoms with van der Waals surface area (Å²) in [5.74, 6) is 0. The van der Waals surface area contributed by atoms with Crippen molar-refractivity contribution < 1.29 is 8.42 Å². The summed E-state index contributed by atoms with van der Waals surface area (Å²) in [5, 5.41) is 4.64. The van der Waals surface area contributed by atoms with E-state index >= 15 is 0 Å². The zero-order chi connectivity index (χ0) is 16.4. The predicted molar refractivity (Wildman–Crippen MR) is 87.6 cm³/mol. The van der Waals surface area contributed by atoms with Gasteiger partial charge in [0.05, 0.1) is 10.6 Å². The van der Waals surface area contributed by atoms with Gasteiger partial charge in [-0.1, -0.05) is 36.7 Å². The molecule has 0 spiro atoms. The normalized spacial score (nSPS) is 11.6. The van der Waals surface area contributed by atoms with Gasteiger partial charge in [-0.3, -0.25) is 0 Å². The zero-order valence-corrected chi connectivity index (χ0v) is 13.9. The van der Waals surface area contributed by atoms with Gasteiger partial charge >= 0.3 is 0 Å². The zero-order valence-electron chi connectivity index (χ0n) is 12.3. The highest BCUT2D eigenvalue weighted by Crippen LogP contribution is 2.26. The molecule has 3 rings (SSSR count). The molecule has 0 unspecified atom stereocenters. The fourth-order valence-corrected chi connectivity index (χ4v) is 3.82. The van der Waals surface area contributed by atoms with E-state index in [1.807, 2.05) is 6.92 Å². The van der Waals surface area contributed by atoms with Crippen LogP contribution in [0.15, 0.2) is 64.6 Å². The third-order valence-electron chi connectivity index (χ3n) is 3.39. The summed E-state index contributed by atoms with van der Waals surface area (Å²) in [5.41, 5.74) is 1.10. The Kier molecular flexibility index (Phi) is 4.19. The first-order chi connectivity index (χ1) is 11.0. The fraction of sp³-hybridized carbons (Fsp3) is 0.125. The van der Waals surface area contributed by atoms with Gasteiger partial charge in [0, 0.05) is 6.20 Å². The molecular formula is C16H14ClN3O2S. The van der Waals surface area contributed by atoms with Crippen LogP contribution in [-0.2, 0) is 16.3 Å². The van der Waals surface area contributed by atoms with Crippen LogP contribution in [0.2, 0.25) is 5.15 Å². The topological polar surface area (TPSA) is 64.8 Å². The minimum absolute atomic E-state index is 0.0791. The molecule has 0 saturated heterocycles. The Morgan fingerprint density at radius 3 is 2.52 bits per heavy atom. The van der Waals surface area contributed by atoms with Crippen LogP contribution in [0.5, 0.6) is 0 Å². The van der Waals surface area contributed by atoms with Gasteiger partial charge in [-0.2, -0.15) is 5.10 Å². The highest BCUT2D eigenvalue weighted by molar-refractivity contribution is 7.91. The van der Waals surface area contributed by atoms with E-state index in [1.54, 1.807) is 54.7 Å². The lowest BCUT2D eigenvalue weighted by atomic mass is 10.3. The van der Waals surface area contributed by atoms with Crippen LogP contribution in [0.4, 0.5) is 0 Å². The monoisotopic (exact) mass is 347 g/mol. The molecule has 0 atom stereocenters. The maximum Gasteiger partial charge on any atom is 0.223 e. The molecule has 118 valence electrons. The summed E-state index contributed by atoms with van der Waals surface area (Å²) in [6.07, 6.45) is 2.16. The predicted octanol–water partition coefficient (Wildman–Crippen LogP) is 3.32. The number of halogens is 1. The third-order valence-corrected chi connectivity index (χ3v) is 5.41. The van der Waals surface area contributed by atoms with Gasteiger partial charge < -0.3 is 0 Å². The lowest BCUT2D eigenvalue weighted by Crippen LogP contribution is -2.10. The first-order valence-electron chi connectivity index (χ1n) is 7.04. The molecule has 0 aliphatic rings. The van der Waals surface area contributed by atoms with Crippen molar-refractivity contribution in [2.75, 3.05) is 0 Å². The van der Waals surface area contributed by atoms with Crippen molar-refractivity contribution in [1.29, 1.82) is 0 Å². The minimum atomic E-state index is -3.71. The summed E-state index contributed by atoms with van der Waals surface area (Å²) in [7, 11) is -3.71. The SMILES string of the molecule is CCc1cc(S(=O)(=O)c2ccccc2)n(-c2cccnc2Cl)n1. The third kappa shape index (κ3) is 2.87. The molecule has 1 aromatic carbocycles. The Morgan fingerprint density at radius 2 is 1.87 bits per heavy atom. The van der Waals surface area contributed by atoms with Crippen LogP contribution in [0.3, 0.4) is 0 Å². The standard InChI is InChI=1S/C16H14ClN3O2S/c1-2-12-11-15(23(21,22)13-7-4-3-5-8-13)20(19-12)14-9-6-10-18-16(14)17/h3-11H,2H2,1H3. The number of aromatic nitrogens is 3. The second-order valence-corrected chi connectivity index (χ2v) is 7.12. The molecule has 23 heavy (non-hydrogen) atoms. The second-order valence-electron chi connectivity index (χ2n) is 4.87. The maximum atomic E-state index is 12.9. The van der Waals surface area contributed by atoms with Crippen molar-refractivity contribution in [1.82, 2.24) is 14.8 Å². The summed E-state index contributed by atoms with van der Waals surface area (Å²) < 4.78 is 27.2. The number of aryl methyl sites for hydroxylation is 1. The van der Waals surface area contributed by atoms with E-state index in [9.17, 15) is 8.42 Å². The van der Waals surface area contributed by atoms with Crippen LogP contribution >= 0.6 is 11.6 Å². The molecule has 0 aliphatic carbocycles. The number of nitrogens with zero attached hydrogens (tertiary/aromatic N) is 3. The molecule has 7 heteroatoms. The first kappa shape index (κ1) is 15.7. The van der Waals surface area contributed by atoms with Crippen molar-refractivity contribution >= 4 is 21.4 Å². The smallest absolute Gasteiger partial charge is 0.223 e. The summed E-state index contributed by atoms with van der Waals surface area (Å²) in [4.78, 5) is 4.21. The molecule has 0 saturated carbocycles. The first-order valence-corrected chi connectivity index (χ1v) is 8.90. The Bertz CT molecular complexity index is 937. The lowest BCUT2D eigenvalue weighted by molar-refractivity contribution is 0.585. The lowest BCUT2D eigenvalue weighted by Gasteiger charge is -2.09. The molecule has 0 radical (unpaired) electrons. The average Bonchev–Trinajstić information content (AvgIpc) is 3.01. The largest absolute Gasteiger partial charge is 0.242 e. The molecule has 2 aromatic heterocycles. The van der Waals surface area contributed by atoms with Crippen molar-refractivity contribution in [3.05, 3.63) is 65.6 Å². The highest BCUT2D eigenvalue weighted by atomic mass is 35.5.